The number of fused-ring (bicyclic) bond motifs is 1. The molecule has 1 amide bonds. The van der Waals surface area contributed by atoms with Gasteiger partial charge in [0.15, 0.2) is 17.7 Å². The number of rotatable bonds is 18. The summed E-state index contributed by atoms with van der Waals surface area (Å²) < 4.78 is 73.0. The Morgan fingerprint density at radius 3 is 1.76 bits per heavy atom. The van der Waals surface area contributed by atoms with Gasteiger partial charge in [-0.05, 0) is 47.4 Å². The zero-order valence-corrected chi connectivity index (χ0v) is 36.6. The van der Waals surface area contributed by atoms with Gasteiger partial charge in [-0.3, -0.25) is 19.0 Å². The van der Waals surface area contributed by atoms with Crippen LogP contribution < -0.4 is 20.5 Å². The SMILES string of the molecule is COc1ccc(C(OC(C(=O)c2ccccc2)(C(=O)c2ccccc2)[C@H]2O[C@@H](n3cnc4c(N)ncnc43)[C@H](O)[C@@H]2OCCCNC(=O)C(F)(F)F)(c2ccccc2)c2ccc(OC)cc2)cc1. The number of imidazole rings is 1. The highest BCUT2D eigenvalue weighted by molar-refractivity contribution is 6.23. The summed E-state index contributed by atoms with van der Waals surface area (Å²) in [7, 11) is 3.02. The van der Waals surface area contributed by atoms with E-state index >= 15 is 9.59 Å². The number of aromatic nitrogens is 4. The normalized spacial score (nSPS) is 17.4. The molecule has 1 aliphatic rings. The quantitative estimate of drug-likeness (QED) is 0.0358. The van der Waals surface area contributed by atoms with Gasteiger partial charge >= 0.3 is 12.1 Å². The van der Waals surface area contributed by atoms with Crippen LogP contribution in [0.5, 0.6) is 11.5 Å². The van der Waals surface area contributed by atoms with E-state index < -0.39 is 72.5 Å². The van der Waals surface area contributed by atoms with Crippen molar-refractivity contribution in [3.63, 3.8) is 0 Å². The first-order valence-electron chi connectivity index (χ1n) is 21.3. The van der Waals surface area contributed by atoms with Crippen molar-refractivity contribution in [1.82, 2.24) is 24.8 Å². The molecule has 8 rings (SSSR count). The van der Waals surface area contributed by atoms with Crippen LogP contribution in [-0.4, -0.2) is 99.6 Å². The number of methoxy groups -OCH3 is 2. The minimum Gasteiger partial charge on any atom is -0.497 e. The van der Waals surface area contributed by atoms with Gasteiger partial charge in [-0.2, -0.15) is 13.2 Å². The average Bonchev–Trinajstić information content (AvgIpc) is 3.95. The first-order chi connectivity index (χ1) is 32.8. The Kier molecular flexibility index (Phi) is 13.7. The van der Waals surface area contributed by atoms with Crippen molar-refractivity contribution < 1.29 is 56.3 Å². The smallest absolute Gasteiger partial charge is 0.471 e. The standard InChI is InChI=1S/C50H45F3N6O9/c1-64-36-23-19-34(20-24-36)48(33-17-10-5-11-18-33,35-21-25-37(65-2)26-22-35)68-49(41(61)31-13-6-3-7-14-31,42(62)32-15-8-4-9-16-32)43-40(66-28-12-27-55-47(63)50(51,52)53)39(60)46(67-43)59-30-58-38-44(54)56-29-57-45(38)59/h3-11,13-26,29-30,39-40,43,46,60H,12,27-28H2,1-2H3,(H,55,63)(H2,54,56,57)/t39-,40+,43+,46-/m1/s1. The minimum absolute atomic E-state index is 0.00644. The average molecular weight is 931 g/mol. The summed E-state index contributed by atoms with van der Waals surface area (Å²) in [6.45, 7) is -0.903. The predicted molar refractivity (Wildman–Crippen MR) is 241 cm³/mol. The van der Waals surface area contributed by atoms with E-state index in [2.05, 4.69) is 15.0 Å². The van der Waals surface area contributed by atoms with E-state index in [1.165, 1.54) is 55.7 Å². The second-order valence-electron chi connectivity index (χ2n) is 15.7. The number of ketones is 2. The summed E-state index contributed by atoms with van der Waals surface area (Å²) in [5.41, 5.74) is 2.95. The number of alkyl halides is 3. The van der Waals surface area contributed by atoms with Gasteiger partial charge < -0.3 is 39.8 Å². The van der Waals surface area contributed by atoms with E-state index in [0.29, 0.717) is 28.2 Å². The van der Waals surface area contributed by atoms with Gasteiger partial charge in [0, 0.05) is 24.3 Å². The molecule has 68 heavy (non-hydrogen) atoms. The van der Waals surface area contributed by atoms with Crippen LogP contribution in [0.15, 0.2) is 152 Å². The number of aliphatic hydroxyl groups is 1. The van der Waals surface area contributed by atoms with Crippen LogP contribution >= 0.6 is 0 Å². The molecule has 1 aliphatic heterocycles. The number of nitrogens with two attached hydrogens (primary N) is 1. The number of nitrogen functional groups attached to an aromatic ring is 1. The van der Waals surface area contributed by atoms with E-state index in [-0.39, 0.29) is 34.5 Å². The van der Waals surface area contributed by atoms with E-state index in [0.717, 1.165) is 0 Å². The molecule has 5 aromatic carbocycles. The molecular formula is C50H45F3N6O9. The zero-order valence-electron chi connectivity index (χ0n) is 36.6. The molecule has 0 saturated carbocycles. The van der Waals surface area contributed by atoms with Crippen LogP contribution in [0.2, 0.25) is 0 Å². The summed E-state index contributed by atoms with van der Waals surface area (Å²) in [6.07, 6.45) is -9.77. The van der Waals surface area contributed by atoms with Crippen molar-refractivity contribution in [2.24, 2.45) is 0 Å². The van der Waals surface area contributed by atoms with Crippen molar-refractivity contribution in [1.29, 1.82) is 0 Å². The molecule has 7 aromatic rings. The first-order valence-corrected chi connectivity index (χ1v) is 21.3. The largest absolute Gasteiger partial charge is 0.497 e. The maximum Gasteiger partial charge on any atom is 0.471 e. The number of halogens is 3. The fourth-order valence-corrected chi connectivity index (χ4v) is 8.41. The molecule has 0 bridgehead atoms. The molecule has 0 aliphatic carbocycles. The monoisotopic (exact) mass is 930 g/mol. The van der Waals surface area contributed by atoms with Crippen molar-refractivity contribution in [2.45, 2.75) is 48.3 Å². The second kappa shape index (κ2) is 19.8. The number of nitrogens with one attached hydrogen (secondary N) is 1. The van der Waals surface area contributed by atoms with Crippen molar-refractivity contribution in [3.05, 3.63) is 180 Å². The number of carbonyl (C=O) groups excluding carboxylic acids is 3. The van der Waals surface area contributed by atoms with Gasteiger partial charge in [-0.25, -0.2) is 15.0 Å². The molecule has 15 nitrogen and oxygen atoms in total. The molecule has 0 spiro atoms. The molecule has 1 fully saturated rings. The maximum atomic E-state index is 16.3. The van der Waals surface area contributed by atoms with E-state index in [1.807, 2.05) is 5.32 Å². The number of carbonyl (C=O) groups is 3. The van der Waals surface area contributed by atoms with Crippen molar-refractivity contribution in [3.8, 4) is 11.5 Å². The summed E-state index contributed by atoms with van der Waals surface area (Å²) in [5, 5.41) is 14.4. The minimum atomic E-state index is -5.14. The Morgan fingerprint density at radius 2 is 1.25 bits per heavy atom. The molecule has 4 atom stereocenters. The molecule has 1 saturated heterocycles. The third kappa shape index (κ3) is 8.89. The van der Waals surface area contributed by atoms with Crippen LogP contribution in [0.25, 0.3) is 11.2 Å². The third-order valence-electron chi connectivity index (χ3n) is 11.7. The Hall–Kier alpha value is -7.51. The Bertz CT molecular complexity index is 2750. The summed E-state index contributed by atoms with van der Waals surface area (Å²) in [5.74, 6) is -2.98. The van der Waals surface area contributed by atoms with E-state index in [1.54, 1.807) is 115 Å². The lowest BCUT2D eigenvalue weighted by Gasteiger charge is -2.46. The number of nitrogens with zero attached hydrogens (tertiary/aromatic N) is 4. The number of hydrogen-bond donors (Lipinski definition) is 3. The summed E-state index contributed by atoms with van der Waals surface area (Å²) >= 11 is 0. The number of anilines is 1. The fourth-order valence-electron chi connectivity index (χ4n) is 8.41. The number of benzene rings is 5. The first kappa shape index (κ1) is 47.0. The third-order valence-corrected chi connectivity index (χ3v) is 11.7. The summed E-state index contributed by atoms with van der Waals surface area (Å²) in [4.78, 5) is 57.0. The van der Waals surface area contributed by atoms with Crippen molar-refractivity contribution in [2.75, 3.05) is 33.1 Å². The van der Waals surface area contributed by atoms with Gasteiger partial charge in [0.1, 0.15) is 47.3 Å². The van der Waals surface area contributed by atoms with Gasteiger partial charge in [0.2, 0.25) is 17.2 Å². The van der Waals surface area contributed by atoms with Crippen molar-refractivity contribution >= 4 is 34.5 Å². The lowest BCUT2D eigenvalue weighted by atomic mass is 9.74. The molecule has 350 valence electrons. The van der Waals surface area contributed by atoms with Gasteiger partial charge in [-0.1, -0.05) is 115 Å². The number of hydrogen-bond acceptors (Lipinski definition) is 13. The molecular weight excluding hydrogens is 886 g/mol. The van der Waals surface area contributed by atoms with Crippen LogP contribution in [0, 0.1) is 0 Å². The van der Waals surface area contributed by atoms with Gasteiger partial charge in [-0.15, -0.1) is 0 Å². The molecule has 3 heterocycles. The lowest BCUT2D eigenvalue weighted by Crippen LogP contribution is -2.65. The van der Waals surface area contributed by atoms with Gasteiger partial charge in [0.05, 0.1) is 20.5 Å². The fraction of sp³-hybridized carbons (Fsp3) is 0.240. The van der Waals surface area contributed by atoms with E-state index in [9.17, 15) is 23.1 Å². The van der Waals surface area contributed by atoms with Crippen LogP contribution in [-0.2, 0) is 24.6 Å². The van der Waals surface area contributed by atoms with Crippen LogP contribution in [0.3, 0.4) is 0 Å². The topological polar surface area (TPSA) is 199 Å². The van der Waals surface area contributed by atoms with Crippen LogP contribution in [0.4, 0.5) is 19.0 Å². The predicted octanol–water partition coefficient (Wildman–Crippen LogP) is 6.65. The molecule has 0 radical (unpaired) electrons. The second-order valence-corrected chi connectivity index (χ2v) is 15.7. The van der Waals surface area contributed by atoms with Gasteiger partial charge in [0.25, 0.3) is 0 Å². The molecule has 0 unspecified atom stereocenters. The zero-order chi connectivity index (χ0) is 48.1. The highest BCUT2D eigenvalue weighted by atomic mass is 19.4. The number of Topliss-reactive ketones (excluding diaryl/α,β-unsaturated/α-hetero) is 2. The molecule has 2 aromatic heterocycles. The molecule has 18 heteroatoms. The highest BCUT2D eigenvalue weighted by Crippen LogP contribution is 2.50. The Morgan fingerprint density at radius 1 is 0.735 bits per heavy atom. The summed E-state index contributed by atoms with van der Waals surface area (Å²) in [6, 6.07) is 38.5. The Labute approximate surface area is 387 Å². The number of amides is 1. The maximum absolute atomic E-state index is 16.3. The number of ether oxygens (including phenoxy) is 5. The Balaban J connectivity index is 1.42. The lowest BCUT2D eigenvalue weighted by molar-refractivity contribution is -0.173. The highest BCUT2D eigenvalue weighted by Gasteiger charge is 2.66. The number of aliphatic hydroxyl groups excluding tert-OH is 1. The van der Waals surface area contributed by atoms with Crippen LogP contribution in [0.1, 0.15) is 50.1 Å². The van der Waals surface area contributed by atoms with E-state index in [4.69, 9.17) is 29.4 Å². The molecule has 4 N–H and O–H groups in total.